The quantitative estimate of drug-likeness (QED) is 0.464. The van der Waals surface area contributed by atoms with Crippen molar-refractivity contribution in [2.75, 3.05) is 24.9 Å². The van der Waals surface area contributed by atoms with Gasteiger partial charge in [-0.2, -0.15) is 0 Å². The lowest BCUT2D eigenvalue weighted by Crippen LogP contribution is -2.17. The number of para-hydroxylation sites is 3. The van der Waals surface area contributed by atoms with Crippen LogP contribution in [0.4, 0.5) is 11.4 Å². The normalized spacial score (nSPS) is 10.5. The van der Waals surface area contributed by atoms with Crippen molar-refractivity contribution in [1.29, 1.82) is 0 Å². The molecule has 2 amide bonds. The Morgan fingerprint density at radius 1 is 0.806 bits per heavy atom. The number of carbonyl (C=O) groups excluding carboxylic acids is 2. The van der Waals surface area contributed by atoms with Crippen molar-refractivity contribution in [2.45, 2.75) is 0 Å². The van der Waals surface area contributed by atoms with Crippen molar-refractivity contribution in [3.8, 4) is 11.5 Å². The van der Waals surface area contributed by atoms with Crippen molar-refractivity contribution in [3.63, 3.8) is 0 Å². The van der Waals surface area contributed by atoms with Crippen molar-refractivity contribution in [1.82, 2.24) is 0 Å². The summed E-state index contributed by atoms with van der Waals surface area (Å²) in [5.74, 6) is 0.148. The summed E-state index contributed by atoms with van der Waals surface area (Å²) in [5.41, 5.74) is 1.64. The zero-order chi connectivity index (χ0) is 21.8. The van der Waals surface area contributed by atoms with Gasteiger partial charge in [0.15, 0.2) is 0 Å². The van der Waals surface area contributed by atoms with E-state index in [1.807, 2.05) is 0 Å². The molecule has 4 rings (SSSR count). The Balaban J connectivity index is 1.70. The molecule has 3 aromatic carbocycles. The van der Waals surface area contributed by atoms with Crippen molar-refractivity contribution >= 4 is 34.2 Å². The molecular weight excluding hydrogens is 396 g/mol. The minimum Gasteiger partial charge on any atom is -0.497 e. The highest BCUT2D eigenvalue weighted by atomic mass is 16.5. The maximum atomic E-state index is 13.1. The first kappa shape index (κ1) is 20.0. The monoisotopic (exact) mass is 416 g/mol. The van der Waals surface area contributed by atoms with Gasteiger partial charge in [-0.25, -0.2) is 0 Å². The second-order valence-corrected chi connectivity index (χ2v) is 6.64. The Morgan fingerprint density at radius 3 is 2.39 bits per heavy atom. The minimum atomic E-state index is -0.512. The molecular formula is C24H20N2O5. The highest BCUT2D eigenvalue weighted by molar-refractivity contribution is 6.17. The third kappa shape index (κ3) is 4.06. The summed E-state index contributed by atoms with van der Waals surface area (Å²) in [6.07, 6.45) is 0. The van der Waals surface area contributed by atoms with Crippen LogP contribution in [0.2, 0.25) is 0 Å². The van der Waals surface area contributed by atoms with Crippen LogP contribution in [0.1, 0.15) is 20.9 Å². The summed E-state index contributed by atoms with van der Waals surface area (Å²) in [4.78, 5) is 26.0. The van der Waals surface area contributed by atoms with Gasteiger partial charge in [-0.05, 0) is 42.5 Å². The lowest BCUT2D eigenvalue weighted by atomic mass is 10.1. The molecule has 0 bridgehead atoms. The van der Waals surface area contributed by atoms with Gasteiger partial charge in [0.2, 0.25) is 5.76 Å². The van der Waals surface area contributed by atoms with Gasteiger partial charge in [0.1, 0.15) is 22.8 Å². The number of hydrogen-bond donors (Lipinski definition) is 2. The Hall–Kier alpha value is -4.26. The SMILES string of the molecule is COc1cccc(C(=O)Nc2c(C(=O)Nc3ccccc3OC)oc3ccccc23)c1. The number of carbonyl (C=O) groups is 2. The highest BCUT2D eigenvalue weighted by Crippen LogP contribution is 2.33. The molecule has 0 unspecified atom stereocenters. The Bertz CT molecular complexity index is 1260. The van der Waals surface area contributed by atoms with Crippen LogP contribution in [0, 0.1) is 0 Å². The molecule has 0 aliphatic carbocycles. The first-order chi connectivity index (χ1) is 15.1. The molecule has 0 atom stereocenters. The molecule has 4 aromatic rings. The van der Waals surface area contributed by atoms with E-state index in [4.69, 9.17) is 13.9 Å². The molecule has 0 aliphatic heterocycles. The van der Waals surface area contributed by atoms with E-state index in [0.717, 1.165) is 0 Å². The standard InChI is InChI=1S/C24H20N2O5/c1-29-16-9-7-8-15(14-16)23(27)26-21-17-10-3-5-12-19(17)31-22(21)24(28)25-18-11-4-6-13-20(18)30-2/h3-14H,1-2H3,(H,25,28)(H,26,27). The number of hydrogen-bond acceptors (Lipinski definition) is 5. The minimum absolute atomic E-state index is 0.0108. The number of rotatable bonds is 6. The van der Waals surface area contributed by atoms with Crippen molar-refractivity contribution < 1.29 is 23.5 Å². The van der Waals surface area contributed by atoms with Crippen LogP contribution in [-0.4, -0.2) is 26.0 Å². The van der Waals surface area contributed by atoms with Crippen LogP contribution >= 0.6 is 0 Å². The van der Waals surface area contributed by atoms with Crippen LogP contribution < -0.4 is 20.1 Å². The summed E-state index contributed by atoms with van der Waals surface area (Å²) < 4.78 is 16.3. The Labute approximate surface area is 178 Å². The molecule has 0 spiro atoms. The van der Waals surface area contributed by atoms with Gasteiger partial charge in [-0.15, -0.1) is 0 Å². The zero-order valence-electron chi connectivity index (χ0n) is 17.0. The average Bonchev–Trinajstić information content (AvgIpc) is 3.18. The number of benzene rings is 3. The van der Waals surface area contributed by atoms with E-state index in [0.29, 0.717) is 33.7 Å². The van der Waals surface area contributed by atoms with Crippen LogP contribution in [0.15, 0.2) is 77.2 Å². The average molecular weight is 416 g/mol. The molecule has 1 heterocycles. The Kier molecular flexibility index (Phi) is 5.57. The number of methoxy groups -OCH3 is 2. The lowest BCUT2D eigenvalue weighted by Gasteiger charge is -2.10. The van der Waals surface area contributed by atoms with Gasteiger partial charge in [-0.3, -0.25) is 9.59 Å². The number of amides is 2. The molecule has 156 valence electrons. The maximum Gasteiger partial charge on any atom is 0.293 e. The fourth-order valence-electron chi connectivity index (χ4n) is 3.21. The molecule has 31 heavy (non-hydrogen) atoms. The third-order valence-corrected chi connectivity index (χ3v) is 4.73. The summed E-state index contributed by atoms with van der Waals surface area (Å²) >= 11 is 0. The molecule has 0 radical (unpaired) electrons. The first-order valence-corrected chi connectivity index (χ1v) is 9.52. The summed E-state index contributed by atoms with van der Waals surface area (Å²) in [6, 6.07) is 20.9. The third-order valence-electron chi connectivity index (χ3n) is 4.73. The van der Waals surface area contributed by atoms with E-state index in [2.05, 4.69) is 10.6 Å². The van der Waals surface area contributed by atoms with E-state index in [-0.39, 0.29) is 11.4 Å². The fourth-order valence-corrected chi connectivity index (χ4v) is 3.21. The van der Waals surface area contributed by atoms with E-state index in [9.17, 15) is 9.59 Å². The van der Waals surface area contributed by atoms with Gasteiger partial charge in [0, 0.05) is 10.9 Å². The van der Waals surface area contributed by atoms with Crippen LogP contribution in [0.25, 0.3) is 11.0 Å². The lowest BCUT2D eigenvalue weighted by molar-refractivity contribution is 0.0999. The maximum absolute atomic E-state index is 13.1. The largest absolute Gasteiger partial charge is 0.497 e. The van der Waals surface area contributed by atoms with E-state index >= 15 is 0 Å². The highest BCUT2D eigenvalue weighted by Gasteiger charge is 2.23. The number of furan rings is 1. The topological polar surface area (TPSA) is 89.8 Å². The van der Waals surface area contributed by atoms with Crippen molar-refractivity contribution in [2.24, 2.45) is 0 Å². The number of fused-ring (bicyclic) bond motifs is 1. The van der Waals surface area contributed by atoms with Gasteiger partial charge in [0.25, 0.3) is 11.8 Å². The summed E-state index contributed by atoms with van der Waals surface area (Å²) in [7, 11) is 3.05. The molecule has 1 aromatic heterocycles. The number of anilines is 2. The van der Waals surface area contributed by atoms with Crippen LogP contribution in [0.3, 0.4) is 0 Å². The van der Waals surface area contributed by atoms with Gasteiger partial charge < -0.3 is 24.5 Å². The van der Waals surface area contributed by atoms with E-state index < -0.39 is 11.8 Å². The zero-order valence-corrected chi connectivity index (χ0v) is 17.0. The van der Waals surface area contributed by atoms with E-state index in [1.165, 1.54) is 14.2 Å². The molecule has 0 aliphatic rings. The number of nitrogens with one attached hydrogen (secondary N) is 2. The van der Waals surface area contributed by atoms with Crippen LogP contribution in [0.5, 0.6) is 11.5 Å². The molecule has 0 saturated carbocycles. The fraction of sp³-hybridized carbons (Fsp3) is 0.0833. The molecule has 7 nitrogen and oxygen atoms in total. The van der Waals surface area contributed by atoms with E-state index in [1.54, 1.807) is 72.8 Å². The molecule has 0 fully saturated rings. The van der Waals surface area contributed by atoms with Gasteiger partial charge in [0.05, 0.1) is 19.9 Å². The summed E-state index contributed by atoms with van der Waals surface area (Å²) in [5, 5.41) is 6.21. The van der Waals surface area contributed by atoms with Gasteiger partial charge in [-0.1, -0.05) is 30.3 Å². The first-order valence-electron chi connectivity index (χ1n) is 9.52. The van der Waals surface area contributed by atoms with Crippen LogP contribution in [-0.2, 0) is 0 Å². The smallest absolute Gasteiger partial charge is 0.293 e. The molecule has 2 N–H and O–H groups in total. The van der Waals surface area contributed by atoms with Gasteiger partial charge >= 0.3 is 0 Å². The summed E-state index contributed by atoms with van der Waals surface area (Å²) in [6.45, 7) is 0. The van der Waals surface area contributed by atoms with Crippen molar-refractivity contribution in [3.05, 3.63) is 84.1 Å². The Morgan fingerprint density at radius 2 is 1.58 bits per heavy atom. The second-order valence-electron chi connectivity index (χ2n) is 6.64. The second kappa shape index (κ2) is 8.62. The molecule has 7 heteroatoms. The predicted octanol–water partition coefficient (Wildman–Crippen LogP) is 4.95. The predicted molar refractivity (Wildman–Crippen MR) is 118 cm³/mol. The molecule has 0 saturated heterocycles. The number of ether oxygens (including phenoxy) is 2.